The Morgan fingerprint density at radius 3 is 2.47 bits per heavy atom. The molecule has 2 aromatic rings. The summed E-state index contributed by atoms with van der Waals surface area (Å²) in [7, 11) is 0. The molecule has 0 heterocycles. The Hall–Kier alpha value is -0.790. The van der Waals surface area contributed by atoms with Crippen LogP contribution in [0, 0.1) is 13.8 Å². The van der Waals surface area contributed by atoms with Crippen LogP contribution in [-0.2, 0) is 0 Å². The summed E-state index contributed by atoms with van der Waals surface area (Å²) in [6.45, 7) is 4.20. The van der Waals surface area contributed by atoms with Crippen LogP contribution < -0.4 is 0 Å². The Kier molecular flexibility index (Phi) is 3.90. The Bertz CT molecular complexity index is 534. The van der Waals surface area contributed by atoms with Crippen molar-refractivity contribution in [3.63, 3.8) is 0 Å². The van der Waals surface area contributed by atoms with Crippen LogP contribution in [0.5, 0.6) is 0 Å². The molecule has 0 nitrogen and oxygen atoms in total. The molecule has 2 heteroatoms. The molecule has 0 bridgehead atoms. The van der Waals surface area contributed by atoms with E-state index in [0.29, 0.717) is 0 Å². The molecule has 0 fully saturated rings. The summed E-state index contributed by atoms with van der Waals surface area (Å²) in [5.41, 5.74) is 4.80. The van der Waals surface area contributed by atoms with E-state index in [1.54, 1.807) is 0 Å². The van der Waals surface area contributed by atoms with Crippen molar-refractivity contribution < 1.29 is 0 Å². The smallest absolute Gasteiger partial charge is 0.0838 e. The van der Waals surface area contributed by atoms with E-state index in [9.17, 15) is 0 Å². The molecule has 2 aromatic carbocycles. The molecular weight excluding hydrogens is 296 g/mol. The number of rotatable bonds is 2. The number of hydrogen-bond donors (Lipinski definition) is 0. The van der Waals surface area contributed by atoms with Crippen LogP contribution in [0.1, 0.15) is 27.6 Å². The van der Waals surface area contributed by atoms with Crippen LogP contribution >= 0.6 is 27.5 Å². The summed E-state index contributed by atoms with van der Waals surface area (Å²) in [6.07, 6.45) is 0. The average Bonchev–Trinajstić information content (AvgIpc) is 2.28. The van der Waals surface area contributed by atoms with Gasteiger partial charge in [-0.2, -0.15) is 0 Å². The molecule has 0 N–H and O–H groups in total. The van der Waals surface area contributed by atoms with Crippen LogP contribution in [-0.4, -0.2) is 0 Å². The van der Waals surface area contributed by atoms with Gasteiger partial charge in [0.2, 0.25) is 0 Å². The van der Waals surface area contributed by atoms with Crippen molar-refractivity contribution in [2.24, 2.45) is 0 Å². The maximum absolute atomic E-state index is 6.54. The van der Waals surface area contributed by atoms with E-state index >= 15 is 0 Å². The van der Waals surface area contributed by atoms with Crippen LogP contribution in [0.15, 0.2) is 46.9 Å². The van der Waals surface area contributed by atoms with Gasteiger partial charge in [-0.05, 0) is 42.7 Å². The maximum Gasteiger partial charge on any atom is 0.0838 e. The SMILES string of the molecule is Cc1ccc(C(Cl)c2cccc(Br)c2)c(C)c1. The highest BCUT2D eigenvalue weighted by atomic mass is 79.9. The summed E-state index contributed by atoms with van der Waals surface area (Å²) in [5, 5.41) is -0.0897. The third kappa shape index (κ3) is 2.91. The van der Waals surface area contributed by atoms with E-state index in [0.717, 1.165) is 10.0 Å². The zero-order valence-electron chi connectivity index (χ0n) is 9.87. The van der Waals surface area contributed by atoms with Gasteiger partial charge in [-0.3, -0.25) is 0 Å². The highest BCUT2D eigenvalue weighted by Gasteiger charge is 2.13. The Morgan fingerprint density at radius 1 is 1.06 bits per heavy atom. The lowest BCUT2D eigenvalue weighted by molar-refractivity contribution is 1.10. The highest BCUT2D eigenvalue weighted by molar-refractivity contribution is 9.10. The van der Waals surface area contributed by atoms with Crippen LogP contribution in [0.25, 0.3) is 0 Å². The molecule has 0 saturated heterocycles. The summed E-state index contributed by atoms with van der Waals surface area (Å²) < 4.78 is 1.06. The van der Waals surface area contributed by atoms with Gasteiger partial charge in [0, 0.05) is 4.47 Å². The zero-order chi connectivity index (χ0) is 12.4. The molecule has 17 heavy (non-hydrogen) atoms. The second-order valence-electron chi connectivity index (χ2n) is 4.28. The molecule has 0 aliphatic carbocycles. The molecule has 0 aromatic heterocycles. The van der Waals surface area contributed by atoms with Gasteiger partial charge in [0.15, 0.2) is 0 Å². The first kappa shape index (κ1) is 12.7. The van der Waals surface area contributed by atoms with Gasteiger partial charge in [-0.15, -0.1) is 11.6 Å². The van der Waals surface area contributed by atoms with E-state index < -0.39 is 0 Å². The zero-order valence-corrected chi connectivity index (χ0v) is 12.2. The third-order valence-electron chi connectivity index (χ3n) is 2.84. The maximum atomic E-state index is 6.54. The molecule has 0 aliphatic heterocycles. The van der Waals surface area contributed by atoms with E-state index in [4.69, 9.17) is 11.6 Å². The Labute approximate surface area is 116 Å². The van der Waals surface area contributed by atoms with Crippen molar-refractivity contribution in [1.29, 1.82) is 0 Å². The summed E-state index contributed by atoms with van der Waals surface area (Å²) in [5.74, 6) is 0. The third-order valence-corrected chi connectivity index (χ3v) is 3.82. The van der Waals surface area contributed by atoms with E-state index in [1.807, 2.05) is 12.1 Å². The van der Waals surface area contributed by atoms with Crippen molar-refractivity contribution in [1.82, 2.24) is 0 Å². The number of aryl methyl sites for hydroxylation is 2. The minimum atomic E-state index is -0.0897. The molecule has 1 unspecified atom stereocenters. The molecular formula is C15H14BrCl. The number of alkyl halides is 1. The molecule has 2 rings (SSSR count). The molecule has 0 radical (unpaired) electrons. The molecule has 0 amide bonds. The lowest BCUT2D eigenvalue weighted by Gasteiger charge is -2.14. The fourth-order valence-corrected chi connectivity index (χ4v) is 2.75. The monoisotopic (exact) mass is 308 g/mol. The van der Waals surface area contributed by atoms with Crippen LogP contribution in [0.3, 0.4) is 0 Å². The van der Waals surface area contributed by atoms with Crippen molar-refractivity contribution in [2.45, 2.75) is 19.2 Å². The predicted molar refractivity (Wildman–Crippen MR) is 77.8 cm³/mol. The van der Waals surface area contributed by atoms with Gasteiger partial charge in [0.25, 0.3) is 0 Å². The fourth-order valence-electron chi connectivity index (χ4n) is 1.95. The summed E-state index contributed by atoms with van der Waals surface area (Å²) >= 11 is 10.0. The van der Waals surface area contributed by atoms with Crippen molar-refractivity contribution in [3.8, 4) is 0 Å². The standard InChI is InChI=1S/C15H14BrCl/c1-10-6-7-14(11(2)8-10)15(17)12-4-3-5-13(16)9-12/h3-9,15H,1-2H3. The van der Waals surface area contributed by atoms with Crippen molar-refractivity contribution in [3.05, 3.63) is 69.2 Å². The fraction of sp³-hybridized carbons (Fsp3) is 0.200. The lowest BCUT2D eigenvalue weighted by Crippen LogP contribution is -1.96. The second-order valence-corrected chi connectivity index (χ2v) is 5.63. The van der Waals surface area contributed by atoms with Gasteiger partial charge in [-0.25, -0.2) is 0 Å². The Morgan fingerprint density at radius 2 is 1.82 bits per heavy atom. The minimum Gasteiger partial charge on any atom is -0.113 e. The molecule has 0 aliphatic rings. The number of halogens is 2. The lowest BCUT2D eigenvalue weighted by atomic mass is 9.98. The van der Waals surface area contributed by atoms with E-state index in [1.165, 1.54) is 16.7 Å². The van der Waals surface area contributed by atoms with Crippen LogP contribution in [0.2, 0.25) is 0 Å². The quantitative estimate of drug-likeness (QED) is 0.652. The molecule has 1 atom stereocenters. The minimum absolute atomic E-state index is 0.0897. The first-order valence-electron chi connectivity index (χ1n) is 5.54. The van der Waals surface area contributed by atoms with Gasteiger partial charge in [0.05, 0.1) is 5.38 Å². The summed E-state index contributed by atoms with van der Waals surface area (Å²) in [6, 6.07) is 14.5. The first-order valence-corrected chi connectivity index (χ1v) is 6.77. The normalized spacial score (nSPS) is 12.5. The summed E-state index contributed by atoms with van der Waals surface area (Å²) in [4.78, 5) is 0. The number of hydrogen-bond acceptors (Lipinski definition) is 0. The van der Waals surface area contributed by atoms with Gasteiger partial charge in [-0.1, -0.05) is 51.8 Å². The van der Waals surface area contributed by atoms with Crippen molar-refractivity contribution >= 4 is 27.5 Å². The largest absolute Gasteiger partial charge is 0.113 e. The van der Waals surface area contributed by atoms with E-state index in [2.05, 4.69) is 60.1 Å². The topological polar surface area (TPSA) is 0 Å². The van der Waals surface area contributed by atoms with E-state index in [-0.39, 0.29) is 5.38 Å². The molecule has 0 saturated carbocycles. The van der Waals surface area contributed by atoms with Gasteiger partial charge < -0.3 is 0 Å². The van der Waals surface area contributed by atoms with Gasteiger partial charge >= 0.3 is 0 Å². The first-order chi connectivity index (χ1) is 8.08. The number of benzene rings is 2. The predicted octanol–water partition coefficient (Wildman–Crippen LogP) is 5.39. The second kappa shape index (κ2) is 5.24. The molecule has 0 spiro atoms. The molecule has 88 valence electrons. The van der Waals surface area contributed by atoms with Crippen LogP contribution in [0.4, 0.5) is 0 Å². The van der Waals surface area contributed by atoms with Crippen molar-refractivity contribution in [2.75, 3.05) is 0 Å². The average molecular weight is 310 g/mol. The van der Waals surface area contributed by atoms with Gasteiger partial charge in [0.1, 0.15) is 0 Å². The Balaban J connectivity index is 2.40. The highest BCUT2D eigenvalue weighted by Crippen LogP contribution is 2.32.